The molecule has 2 aromatic carbocycles. The number of benzene rings is 2. The molecule has 9 heteroatoms. The van der Waals surface area contributed by atoms with Crippen LogP contribution in [0.3, 0.4) is 0 Å². The minimum Gasteiger partial charge on any atom is -0.406 e. The Hall–Kier alpha value is -3.54. The maximum atomic E-state index is 13.0. The quantitative estimate of drug-likeness (QED) is 0.577. The zero-order valence-electron chi connectivity index (χ0n) is 17.2. The molecule has 2 amide bonds. The normalized spacial score (nSPS) is 15.2. The van der Waals surface area contributed by atoms with E-state index in [4.69, 9.17) is 5.26 Å². The second-order valence-electron chi connectivity index (χ2n) is 7.37. The van der Waals surface area contributed by atoms with Crippen LogP contribution in [0.2, 0.25) is 0 Å². The Morgan fingerprint density at radius 1 is 1.09 bits per heavy atom. The van der Waals surface area contributed by atoms with Crippen molar-refractivity contribution < 1.29 is 27.5 Å². The van der Waals surface area contributed by atoms with E-state index >= 15 is 0 Å². The summed E-state index contributed by atoms with van der Waals surface area (Å²) in [7, 11) is 0. The number of alkyl halides is 3. The van der Waals surface area contributed by atoms with E-state index in [1.807, 2.05) is 0 Å². The van der Waals surface area contributed by atoms with Crippen LogP contribution in [-0.2, 0) is 11.3 Å². The van der Waals surface area contributed by atoms with Gasteiger partial charge in [-0.1, -0.05) is 36.8 Å². The van der Waals surface area contributed by atoms with Gasteiger partial charge in [0.25, 0.3) is 5.91 Å². The van der Waals surface area contributed by atoms with Crippen LogP contribution in [0.15, 0.2) is 48.5 Å². The number of hydrogen-bond acceptors (Lipinski definition) is 4. The van der Waals surface area contributed by atoms with Gasteiger partial charge in [-0.2, -0.15) is 5.26 Å². The van der Waals surface area contributed by atoms with E-state index in [0.717, 1.165) is 12.8 Å². The molecule has 1 unspecified atom stereocenters. The minimum atomic E-state index is -4.77. The molecule has 0 fully saturated rings. The summed E-state index contributed by atoms with van der Waals surface area (Å²) in [5.41, 5.74) is 1.70. The zero-order chi connectivity index (χ0) is 23.1. The molecule has 0 bridgehead atoms. The maximum Gasteiger partial charge on any atom is 0.573 e. The smallest absolute Gasteiger partial charge is 0.406 e. The fraction of sp³-hybridized carbons (Fsp3) is 0.348. The van der Waals surface area contributed by atoms with Crippen molar-refractivity contribution in [1.82, 2.24) is 10.2 Å². The molecule has 1 heterocycles. The molecular formula is C23H22F3N3O3. The molecule has 6 nitrogen and oxygen atoms in total. The number of carbonyl (C=O) groups is 2. The van der Waals surface area contributed by atoms with Crippen molar-refractivity contribution >= 4 is 11.8 Å². The largest absolute Gasteiger partial charge is 0.573 e. The molecule has 3 rings (SSSR count). The van der Waals surface area contributed by atoms with Crippen molar-refractivity contribution in [2.45, 2.75) is 44.6 Å². The Bertz CT molecular complexity index is 1000. The molecule has 0 radical (unpaired) electrons. The van der Waals surface area contributed by atoms with Crippen molar-refractivity contribution in [3.05, 3.63) is 65.2 Å². The third-order valence-corrected chi connectivity index (χ3v) is 5.12. The molecule has 2 aromatic rings. The maximum absolute atomic E-state index is 13.0. The summed E-state index contributed by atoms with van der Waals surface area (Å²) in [4.78, 5) is 27.4. The highest BCUT2D eigenvalue weighted by molar-refractivity contribution is 6.04. The average molecular weight is 445 g/mol. The summed E-state index contributed by atoms with van der Waals surface area (Å²) >= 11 is 0. The Balaban J connectivity index is 1.65. The third-order valence-electron chi connectivity index (χ3n) is 5.12. The summed E-state index contributed by atoms with van der Waals surface area (Å²) in [6, 6.07) is 13.5. The number of nitrogens with one attached hydrogen (secondary N) is 1. The van der Waals surface area contributed by atoms with Crippen molar-refractivity contribution in [1.29, 1.82) is 5.26 Å². The number of rotatable bonds is 9. The van der Waals surface area contributed by atoms with Gasteiger partial charge in [-0.15, -0.1) is 13.2 Å². The van der Waals surface area contributed by atoms with Gasteiger partial charge in [0.05, 0.1) is 6.07 Å². The number of fused-ring (bicyclic) bond motifs is 1. The number of halogens is 3. The van der Waals surface area contributed by atoms with Gasteiger partial charge in [0, 0.05) is 25.1 Å². The van der Waals surface area contributed by atoms with Crippen LogP contribution in [0.1, 0.15) is 53.2 Å². The van der Waals surface area contributed by atoms with Crippen molar-refractivity contribution in [2.24, 2.45) is 0 Å². The van der Waals surface area contributed by atoms with E-state index in [0.29, 0.717) is 36.1 Å². The number of ether oxygens (including phenoxy) is 1. The summed E-state index contributed by atoms with van der Waals surface area (Å²) in [5, 5.41) is 11.4. The summed E-state index contributed by atoms with van der Waals surface area (Å²) in [5.74, 6) is -0.920. The molecule has 0 aromatic heterocycles. The Morgan fingerprint density at radius 2 is 1.81 bits per heavy atom. The van der Waals surface area contributed by atoms with E-state index < -0.39 is 12.4 Å². The number of carbonyl (C=O) groups excluding carboxylic acids is 2. The molecule has 1 N–H and O–H groups in total. The van der Waals surface area contributed by atoms with Crippen LogP contribution < -0.4 is 10.1 Å². The Morgan fingerprint density at radius 3 is 2.50 bits per heavy atom. The number of hydrogen-bond donors (Lipinski definition) is 1. The van der Waals surface area contributed by atoms with Crippen LogP contribution in [0.4, 0.5) is 13.2 Å². The molecular weight excluding hydrogens is 423 g/mol. The zero-order valence-corrected chi connectivity index (χ0v) is 17.2. The first-order valence-electron chi connectivity index (χ1n) is 10.2. The van der Waals surface area contributed by atoms with E-state index in [1.165, 1.54) is 29.2 Å². The Labute approximate surface area is 183 Å². The second kappa shape index (κ2) is 10.2. The van der Waals surface area contributed by atoms with Crippen molar-refractivity contribution in [3.63, 3.8) is 0 Å². The Kier molecular flexibility index (Phi) is 7.36. The minimum absolute atomic E-state index is 0.0913. The van der Waals surface area contributed by atoms with E-state index in [1.54, 1.807) is 24.3 Å². The molecule has 1 atom stereocenters. The highest BCUT2D eigenvalue weighted by Crippen LogP contribution is 2.34. The molecule has 1 aliphatic heterocycles. The van der Waals surface area contributed by atoms with Crippen LogP contribution in [0.25, 0.3) is 0 Å². The topological polar surface area (TPSA) is 82.4 Å². The highest BCUT2D eigenvalue weighted by Gasteiger charge is 2.40. The lowest BCUT2D eigenvalue weighted by Crippen LogP contribution is -2.39. The predicted octanol–water partition coefficient (Wildman–Crippen LogP) is 4.48. The number of unbranched alkanes of at least 4 members (excludes halogenated alkanes) is 3. The SMILES string of the molecule is N#CCCCCCN1C(=O)c2ccccc2C1C(=O)NCc1ccc(OC(F)(F)F)cc1. The number of nitrogens with zero attached hydrogens (tertiary/aromatic N) is 2. The average Bonchev–Trinajstić information content (AvgIpc) is 3.04. The van der Waals surface area contributed by atoms with Crippen molar-refractivity contribution in [2.75, 3.05) is 6.54 Å². The van der Waals surface area contributed by atoms with Crippen LogP contribution in [-0.4, -0.2) is 29.6 Å². The highest BCUT2D eigenvalue weighted by atomic mass is 19.4. The monoisotopic (exact) mass is 445 g/mol. The molecule has 168 valence electrons. The third kappa shape index (κ3) is 5.78. The molecule has 0 spiro atoms. The van der Waals surface area contributed by atoms with Crippen molar-refractivity contribution in [3.8, 4) is 11.8 Å². The molecule has 1 aliphatic rings. The van der Waals surface area contributed by atoms with Crippen LogP contribution in [0.5, 0.6) is 5.75 Å². The van der Waals surface area contributed by atoms with Gasteiger partial charge in [0.2, 0.25) is 5.91 Å². The number of amides is 2. The van der Waals surface area contributed by atoms with Gasteiger partial charge >= 0.3 is 6.36 Å². The lowest BCUT2D eigenvalue weighted by Gasteiger charge is -2.24. The molecule has 0 aliphatic carbocycles. The summed E-state index contributed by atoms with van der Waals surface area (Å²) < 4.78 is 40.7. The predicted molar refractivity (Wildman–Crippen MR) is 109 cm³/mol. The van der Waals surface area contributed by atoms with Gasteiger partial charge in [-0.05, 0) is 42.2 Å². The van der Waals surface area contributed by atoms with Gasteiger partial charge in [0.1, 0.15) is 11.8 Å². The lowest BCUT2D eigenvalue weighted by atomic mass is 10.0. The lowest BCUT2D eigenvalue weighted by molar-refractivity contribution is -0.274. The standard InChI is InChI=1S/C23H22F3N3O3/c24-23(25,26)32-17-11-9-16(10-12-17)15-28-21(30)20-18-7-3-4-8-19(18)22(31)29(20)14-6-2-1-5-13-27/h3-4,7-12,20H,1-2,5-6,14-15H2,(H,28,30). The van der Waals surface area contributed by atoms with Gasteiger partial charge in [-0.3, -0.25) is 9.59 Å². The van der Waals surface area contributed by atoms with E-state index in [9.17, 15) is 22.8 Å². The first kappa shape index (κ1) is 23.1. The number of nitriles is 1. The van der Waals surface area contributed by atoms with Crippen LogP contribution in [0, 0.1) is 11.3 Å². The first-order valence-corrected chi connectivity index (χ1v) is 10.2. The fourth-order valence-electron chi connectivity index (χ4n) is 3.64. The van der Waals surface area contributed by atoms with E-state index in [2.05, 4.69) is 16.1 Å². The van der Waals surface area contributed by atoms with Crippen LogP contribution >= 0.6 is 0 Å². The molecule has 0 saturated carbocycles. The van der Waals surface area contributed by atoms with E-state index in [-0.39, 0.29) is 24.1 Å². The summed E-state index contributed by atoms with van der Waals surface area (Å²) in [6.45, 7) is 0.481. The van der Waals surface area contributed by atoms with Gasteiger partial charge in [-0.25, -0.2) is 0 Å². The van der Waals surface area contributed by atoms with Gasteiger partial charge < -0.3 is 15.0 Å². The van der Waals surface area contributed by atoms with Gasteiger partial charge in [0.15, 0.2) is 0 Å². The molecule has 0 saturated heterocycles. The first-order chi connectivity index (χ1) is 15.3. The molecule has 32 heavy (non-hydrogen) atoms. The summed E-state index contributed by atoms with van der Waals surface area (Å²) in [6.07, 6.45) is -2.14. The fourth-order valence-corrected chi connectivity index (χ4v) is 3.64. The second-order valence-corrected chi connectivity index (χ2v) is 7.37.